The number of aryl methyl sites for hydroxylation is 1. The van der Waals surface area contributed by atoms with E-state index in [2.05, 4.69) is 11.9 Å². The first-order valence-corrected chi connectivity index (χ1v) is 9.90. The van der Waals surface area contributed by atoms with Crippen molar-refractivity contribution in [1.29, 1.82) is 0 Å². The number of aliphatic hydroxyl groups is 1. The van der Waals surface area contributed by atoms with Crippen molar-refractivity contribution in [3.63, 3.8) is 0 Å². The Morgan fingerprint density at radius 1 is 1.43 bits per heavy atom. The van der Waals surface area contributed by atoms with Crippen LogP contribution in [0, 0.1) is 5.92 Å². The van der Waals surface area contributed by atoms with Crippen molar-refractivity contribution in [1.82, 2.24) is 9.88 Å². The maximum absolute atomic E-state index is 12.5. The summed E-state index contributed by atoms with van der Waals surface area (Å²) in [7, 11) is 0. The number of likely N-dealkylation sites (tertiary alicyclic amines) is 1. The molecule has 124 valence electrons. The van der Waals surface area contributed by atoms with Crippen LogP contribution < -0.4 is 0 Å². The van der Waals surface area contributed by atoms with Crippen molar-refractivity contribution in [2.24, 2.45) is 5.92 Å². The lowest BCUT2D eigenvalue weighted by molar-refractivity contribution is 0.0470. The van der Waals surface area contributed by atoms with Crippen LogP contribution in [0.5, 0.6) is 0 Å². The van der Waals surface area contributed by atoms with Crippen molar-refractivity contribution in [2.75, 3.05) is 13.1 Å². The summed E-state index contributed by atoms with van der Waals surface area (Å²) in [6.45, 7) is 3.52. The fourth-order valence-electron chi connectivity index (χ4n) is 3.01. The summed E-state index contributed by atoms with van der Waals surface area (Å²) in [6, 6.07) is 3.95. The highest BCUT2D eigenvalue weighted by molar-refractivity contribution is 7.10. The van der Waals surface area contributed by atoms with Gasteiger partial charge >= 0.3 is 0 Å². The highest BCUT2D eigenvalue weighted by Gasteiger charge is 2.29. The van der Waals surface area contributed by atoms with Gasteiger partial charge in [0.2, 0.25) is 0 Å². The maximum Gasteiger partial charge on any atom is 0.273 e. The Bertz CT molecular complexity index is 631. The fraction of sp³-hybridized carbons (Fsp3) is 0.529. The molecule has 2 aromatic heterocycles. The van der Waals surface area contributed by atoms with E-state index in [0.29, 0.717) is 18.8 Å². The zero-order valence-corrected chi connectivity index (χ0v) is 14.9. The Hall–Kier alpha value is -1.24. The van der Waals surface area contributed by atoms with E-state index in [1.807, 2.05) is 27.8 Å². The van der Waals surface area contributed by atoms with Crippen molar-refractivity contribution >= 4 is 28.6 Å². The summed E-state index contributed by atoms with van der Waals surface area (Å²) in [5.41, 5.74) is 0.579. The SMILES string of the molecule is CCCc1nc(C(=O)N2CCC([C@@H](O)c3cccs3)CC2)cs1. The maximum atomic E-state index is 12.5. The second-order valence-corrected chi connectivity index (χ2v) is 7.89. The number of carbonyl (C=O) groups is 1. The van der Waals surface area contributed by atoms with E-state index in [0.717, 1.165) is 35.6 Å². The van der Waals surface area contributed by atoms with Gasteiger partial charge < -0.3 is 10.0 Å². The molecule has 0 spiro atoms. The molecule has 1 amide bonds. The summed E-state index contributed by atoms with van der Waals surface area (Å²) in [5.74, 6) is 0.274. The Kier molecular flexibility index (Phi) is 5.46. The van der Waals surface area contributed by atoms with Crippen LogP contribution in [0.15, 0.2) is 22.9 Å². The molecular formula is C17H22N2O2S2. The summed E-state index contributed by atoms with van der Waals surface area (Å²) < 4.78 is 0. The van der Waals surface area contributed by atoms with Crippen molar-refractivity contribution in [2.45, 2.75) is 38.7 Å². The van der Waals surface area contributed by atoms with Crippen LogP contribution in [-0.2, 0) is 6.42 Å². The number of piperidine rings is 1. The van der Waals surface area contributed by atoms with E-state index in [9.17, 15) is 9.90 Å². The van der Waals surface area contributed by atoms with E-state index in [4.69, 9.17) is 0 Å². The van der Waals surface area contributed by atoms with Crippen LogP contribution in [0.25, 0.3) is 0 Å². The molecule has 1 N–H and O–H groups in total. The predicted molar refractivity (Wildman–Crippen MR) is 94.0 cm³/mol. The Morgan fingerprint density at radius 3 is 2.87 bits per heavy atom. The molecule has 1 atom stereocenters. The molecule has 0 bridgehead atoms. The van der Waals surface area contributed by atoms with E-state index in [-0.39, 0.29) is 11.8 Å². The van der Waals surface area contributed by atoms with Gasteiger partial charge in [-0.1, -0.05) is 13.0 Å². The average Bonchev–Trinajstić information content (AvgIpc) is 3.26. The van der Waals surface area contributed by atoms with Gasteiger partial charge in [-0.15, -0.1) is 22.7 Å². The molecule has 1 aliphatic heterocycles. The number of thiazole rings is 1. The number of aliphatic hydroxyl groups excluding tert-OH is 1. The van der Waals surface area contributed by atoms with Gasteiger partial charge in [-0.25, -0.2) is 4.98 Å². The summed E-state index contributed by atoms with van der Waals surface area (Å²) in [6.07, 6.45) is 3.27. The third kappa shape index (κ3) is 3.82. The number of hydrogen-bond donors (Lipinski definition) is 1. The van der Waals surface area contributed by atoms with E-state index in [1.54, 1.807) is 22.7 Å². The molecule has 1 aliphatic rings. The van der Waals surface area contributed by atoms with Gasteiger partial charge in [0.1, 0.15) is 5.69 Å². The predicted octanol–water partition coefficient (Wildman–Crippen LogP) is 3.74. The minimum Gasteiger partial charge on any atom is -0.387 e. The lowest BCUT2D eigenvalue weighted by atomic mass is 9.90. The van der Waals surface area contributed by atoms with Crippen LogP contribution in [0.3, 0.4) is 0 Å². The number of hydrogen-bond acceptors (Lipinski definition) is 5. The summed E-state index contributed by atoms with van der Waals surface area (Å²) in [4.78, 5) is 19.9. The molecule has 0 unspecified atom stereocenters. The number of carbonyl (C=O) groups excluding carboxylic acids is 1. The number of aromatic nitrogens is 1. The second kappa shape index (κ2) is 7.55. The van der Waals surface area contributed by atoms with Gasteiger partial charge in [-0.2, -0.15) is 0 Å². The zero-order valence-electron chi connectivity index (χ0n) is 13.3. The molecule has 3 rings (SSSR count). The molecule has 4 nitrogen and oxygen atoms in total. The van der Waals surface area contributed by atoms with Crippen LogP contribution >= 0.6 is 22.7 Å². The second-order valence-electron chi connectivity index (χ2n) is 5.97. The highest BCUT2D eigenvalue weighted by atomic mass is 32.1. The lowest BCUT2D eigenvalue weighted by Gasteiger charge is -2.33. The van der Waals surface area contributed by atoms with E-state index >= 15 is 0 Å². The van der Waals surface area contributed by atoms with Crippen LogP contribution in [0.2, 0.25) is 0 Å². The molecule has 3 heterocycles. The van der Waals surface area contributed by atoms with Crippen molar-refractivity contribution in [3.05, 3.63) is 38.5 Å². The lowest BCUT2D eigenvalue weighted by Crippen LogP contribution is -2.39. The van der Waals surface area contributed by atoms with Gasteiger partial charge in [-0.3, -0.25) is 4.79 Å². The van der Waals surface area contributed by atoms with Gasteiger partial charge in [0, 0.05) is 23.3 Å². The van der Waals surface area contributed by atoms with Crippen molar-refractivity contribution in [3.8, 4) is 0 Å². The minimum atomic E-state index is -0.400. The molecule has 1 saturated heterocycles. The monoisotopic (exact) mass is 350 g/mol. The minimum absolute atomic E-state index is 0.0349. The standard InChI is InChI=1S/C17H22N2O2S2/c1-2-4-15-18-13(11-23-15)17(21)19-8-6-12(7-9-19)16(20)14-5-3-10-22-14/h3,5,10-12,16,20H,2,4,6-9H2,1H3/t16-/m1/s1. The first-order valence-electron chi connectivity index (χ1n) is 8.14. The highest BCUT2D eigenvalue weighted by Crippen LogP contribution is 2.33. The quantitative estimate of drug-likeness (QED) is 0.894. The zero-order chi connectivity index (χ0) is 16.2. The molecule has 6 heteroatoms. The van der Waals surface area contributed by atoms with Gasteiger partial charge in [0.25, 0.3) is 5.91 Å². The molecule has 2 aromatic rings. The van der Waals surface area contributed by atoms with E-state index < -0.39 is 6.10 Å². The molecule has 1 fully saturated rings. The van der Waals surface area contributed by atoms with Crippen LogP contribution in [-0.4, -0.2) is 34.0 Å². The topological polar surface area (TPSA) is 53.4 Å². The normalized spacial score (nSPS) is 17.4. The van der Waals surface area contributed by atoms with Gasteiger partial charge in [0.15, 0.2) is 0 Å². The molecule has 23 heavy (non-hydrogen) atoms. The Balaban J connectivity index is 1.56. The number of thiophene rings is 1. The molecular weight excluding hydrogens is 328 g/mol. The Morgan fingerprint density at radius 2 is 2.22 bits per heavy atom. The largest absolute Gasteiger partial charge is 0.387 e. The number of amides is 1. The molecule has 0 aromatic carbocycles. The first-order chi connectivity index (χ1) is 11.2. The van der Waals surface area contributed by atoms with Crippen LogP contribution in [0.1, 0.15) is 52.7 Å². The third-order valence-electron chi connectivity index (χ3n) is 4.34. The summed E-state index contributed by atoms with van der Waals surface area (Å²) >= 11 is 3.17. The fourth-order valence-corrected chi connectivity index (χ4v) is 4.69. The average molecular weight is 351 g/mol. The van der Waals surface area contributed by atoms with E-state index in [1.165, 1.54) is 0 Å². The van der Waals surface area contributed by atoms with Gasteiger partial charge in [0.05, 0.1) is 11.1 Å². The molecule has 0 aliphatic carbocycles. The van der Waals surface area contributed by atoms with Crippen LogP contribution in [0.4, 0.5) is 0 Å². The third-order valence-corrected chi connectivity index (χ3v) is 6.19. The smallest absolute Gasteiger partial charge is 0.273 e. The molecule has 0 radical (unpaired) electrons. The van der Waals surface area contributed by atoms with Crippen molar-refractivity contribution < 1.29 is 9.90 Å². The Labute approximate surface area is 144 Å². The number of nitrogens with zero attached hydrogens (tertiary/aromatic N) is 2. The van der Waals surface area contributed by atoms with Gasteiger partial charge in [-0.05, 0) is 43.0 Å². The first kappa shape index (κ1) is 16.6. The number of rotatable bonds is 5. The summed E-state index contributed by atoms with van der Waals surface area (Å²) in [5, 5.41) is 15.3. The molecule has 0 saturated carbocycles.